The number of aromatic nitrogens is 1. The van der Waals surface area contributed by atoms with Crippen LogP contribution in [0.3, 0.4) is 0 Å². The van der Waals surface area contributed by atoms with Gasteiger partial charge in [-0.25, -0.2) is 8.96 Å². The molecule has 0 bridgehead atoms. The fraction of sp³-hybridized carbons (Fsp3) is 0.500. The molecule has 0 saturated carbocycles. The molecule has 1 aromatic rings. The minimum atomic E-state index is -1.52. The van der Waals surface area contributed by atoms with Crippen LogP contribution in [-0.4, -0.2) is 38.6 Å². The molecule has 0 spiro atoms. The van der Waals surface area contributed by atoms with Crippen molar-refractivity contribution in [2.24, 2.45) is 0 Å². The second-order valence-corrected chi connectivity index (χ2v) is 3.06. The van der Waals surface area contributed by atoms with Crippen molar-refractivity contribution in [3.05, 3.63) is 28.4 Å². The van der Waals surface area contributed by atoms with Crippen molar-refractivity contribution in [2.75, 3.05) is 6.67 Å². The number of aliphatic hydroxyl groups excluding tert-OH is 2. The van der Waals surface area contributed by atoms with E-state index in [1.165, 1.54) is 18.3 Å². The molecule has 15 heavy (non-hydrogen) atoms. The molecule has 2 N–H and O–H groups in total. The topological polar surface area (TPSA) is 88.5 Å². The van der Waals surface area contributed by atoms with Crippen LogP contribution >= 0.6 is 0 Å². The summed E-state index contributed by atoms with van der Waals surface area (Å²) >= 11 is 0. The van der Waals surface area contributed by atoms with Gasteiger partial charge in [0, 0.05) is 6.07 Å². The van der Waals surface area contributed by atoms with Gasteiger partial charge in [0.05, 0.1) is 6.20 Å². The normalized spacial score (nSPS) is 14.9. The third-order valence-electron chi connectivity index (χ3n) is 1.98. The van der Waals surface area contributed by atoms with Crippen molar-refractivity contribution in [3.8, 4) is 0 Å². The first kappa shape index (κ1) is 11.6. The van der Waals surface area contributed by atoms with E-state index >= 15 is 0 Å². The van der Waals surface area contributed by atoms with Gasteiger partial charge in [0.2, 0.25) is 0 Å². The van der Waals surface area contributed by atoms with Crippen LogP contribution in [0.25, 0.3) is 0 Å². The van der Waals surface area contributed by atoms with Gasteiger partial charge in [-0.15, -0.1) is 0 Å². The summed E-state index contributed by atoms with van der Waals surface area (Å²) in [6.07, 6.45) is -1.50. The van der Waals surface area contributed by atoms with Gasteiger partial charge in [0.25, 0.3) is 0 Å². The average molecular weight is 217 g/mol. The van der Waals surface area contributed by atoms with Crippen molar-refractivity contribution < 1.29 is 19.5 Å². The van der Waals surface area contributed by atoms with E-state index in [4.69, 9.17) is 5.11 Å². The number of halogens is 1. The molecular formula is C8H11FN2O4. The maximum Gasteiger partial charge on any atom is 0.323 e. The first-order chi connectivity index (χ1) is 7.06. The Balaban J connectivity index is 2.72. The molecule has 2 atom stereocenters. The molecule has 0 aliphatic carbocycles. The summed E-state index contributed by atoms with van der Waals surface area (Å²) in [5.74, 6) is -0.208. The van der Waals surface area contributed by atoms with Crippen molar-refractivity contribution in [2.45, 2.75) is 18.8 Å². The van der Waals surface area contributed by atoms with Crippen LogP contribution in [0.4, 0.5) is 10.2 Å². The summed E-state index contributed by atoms with van der Waals surface area (Å²) in [4.78, 5) is 9.85. The minimum absolute atomic E-state index is 0.208. The predicted octanol–water partition coefficient (Wildman–Crippen LogP) is 0.0876. The van der Waals surface area contributed by atoms with Gasteiger partial charge >= 0.3 is 5.82 Å². The quantitative estimate of drug-likeness (QED) is 0.540. The van der Waals surface area contributed by atoms with E-state index in [0.717, 1.165) is 4.57 Å². The van der Waals surface area contributed by atoms with Gasteiger partial charge in [0.1, 0.15) is 25.4 Å². The molecule has 1 heterocycles. The molecule has 0 amide bonds. The molecule has 0 aliphatic rings. The minimum Gasteiger partial charge on any atom is -0.388 e. The first-order valence-corrected chi connectivity index (χ1v) is 4.28. The summed E-state index contributed by atoms with van der Waals surface area (Å²) in [6, 6.07) is 2.70. The lowest BCUT2D eigenvalue weighted by atomic mass is 10.2. The Bertz CT molecular complexity index is 341. The summed E-state index contributed by atoms with van der Waals surface area (Å²) in [6.45, 7) is -1.30. The van der Waals surface area contributed by atoms with Crippen molar-refractivity contribution in [1.29, 1.82) is 0 Å². The monoisotopic (exact) mass is 217 g/mol. The largest absolute Gasteiger partial charge is 0.388 e. The standard InChI is InChI=1S/C8H11FN2O4/c9-4-6(12)7(13)5-10-3-1-2-8(10)11(14)15/h1-3,6-7,12-13H,4-5H2/i9-1. The van der Waals surface area contributed by atoms with E-state index in [1.54, 1.807) is 0 Å². The molecule has 1 rings (SSSR count). The highest BCUT2D eigenvalue weighted by Gasteiger charge is 2.21. The van der Waals surface area contributed by atoms with E-state index in [1.807, 2.05) is 0 Å². The molecule has 2 unspecified atom stereocenters. The summed E-state index contributed by atoms with van der Waals surface area (Å²) in [5, 5.41) is 28.7. The zero-order valence-corrected chi connectivity index (χ0v) is 7.78. The van der Waals surface area contributed by atoms with Gasteiger partial charge in [-0.3, -0.25) is 0 Å². The Morgan fingerprint density at radius 2 is 2.20 bits per heavy atom. The fourth-order valence-corrected chi connectivity index (χ4v) is 1.15. The van der Waals surface area contributed by atoms with E-state index in [-0.39, 0.29) is 12.4 Å². The molecule has 6 nitrogen and oxygen atoms in total. The highest BCUT2D eigenvalue weighted by atomic mass is 18.2. The maximum absolute atomic E-state index is 12.0. The Morgan fingerprint density at radius 1 is 1.53 bits per heavy atom. The zero-order chi connectivity index (χ0) is 11.4. The highest BCUT2D eigenvalue weighted by Crippen LogP contribution is 2.13. The molecule has 7 heteroatoms. The van der Waals surface area contributed by atoms with Crippen LogP contribution < -0.4 is 0 Å². The Labute approximate surface area is 84.7 Å². The first-order valence-electron chi connectivity index (χ1n) is 4.28. The van der Waals surface area contributed by atoms with E-state index in [2.05, 4.69) is 0 Å². The lowest BCUT2D eigenvalue weighted by Gasteiger charge is -2.13. The molecular weight excluding hydrogens is 206 g/mol. The van der Waals surface area contributed by atoms with Gasteiger partial charge < -0.3 is 20.3 Å². The third-order valence-corrected chi connectivity index (χ3v) is 1.98. The van der Waals surface area contributed by atoms with Crippen LogP contribution in [0.5, 0.6) is 0 Å². The second-order valence-electron chi connectivity index (χ2n) is 3.06. The second kappa shape index (κ2) is 4.85. The van der Waals surface area contributed by atoms with Crippen molar-refractivity contribution in [1.82, 2.24) is 4.57 Å². The predicted molar refractivity (Wildman–Crippen MR) is 49.1 cm³/mol. The Hall–Kier alpha value is -1.47. The molecule has 0 radical (unpaired) electrons. The number of hydrogen-bond donors (Lipinski definition) is 2. The zero-order valence-electron chi connectivity index (χ0n) is 7.78. The van der Waals surface area contributed by atoms with Gasteiger partial charge in [-0.2, -0.15) is 0 Å². The molecule has 0 aliphatic heterocycles. The van der Waals surface area contributed by atoms with Crippen LogP contribution in [0.2, 0.25) is 0 Å². The van der Waals surface area contributed by atoms with Crippen LogP contribution in [-0.2, 0) is 6.54 Å². The lowest BCUT2D eigenvalue weighted by Crippen LogP contribution is -2.31. The number of hydrogen-bond acceptors (Lipinski definition) is 4. The third kappa shape index (κ3) is 2.74. The van der Waals surface area contributed by atoms with Crippen LogP contribution in [0, 0.1) is 10.1 Å². The van der Waals surface area contributed by atoms with E-state index in [9.17, 15) is 19.6 Å². The number of nitro groups is 1. The van der Waals surface area contributed by atoms with Crippen molar-refractivity contribution >= 4 is 5.82 Å². The molecule has 0 fully saturated rings. The maximum atomic E-state index is 12.0. The number of rotatable bonds is 5. The summed E-state index contributed by atoms with van der Waals surface area (Å²) in [5.41, 5.74) is 0. The van der Waals surface area contributed by atoms with Crippen LogP contribution in [0.15, 0.2) is 18.3 Å². The van der Waals surface area contributed by atoms with Gasteiger partial charge in [-0.05, 0) is 11.0 Å². The molecule has 84 valence electrons. The molecule has 0 saturated heterocycles. The lowest BCUT2D eigenvalue weighted by molar-refractivity contribution is -0.392. The van der Waals surface area contributed by atoms with Gasteiger partial charge in [-0.1, -0.05) is 0 Å². The van der Waals surface area contributed by atoms with Crippen LogP contribution in [0.1, 0.15) is 0 Å². The average Bonchev–Trinajstić information content (AvgIpc) is 2.64. The molecule has 1 aromatic heterocycles. The van der Waals surface area contributed by atoms with E-state index < -0.39 is 23.8 Å². The van der Waals surface area contributed by atoms with Gasteiger partial charge in [0.15, 0.2) is 0 Å². The Kier molecular flexibility index (Phi) is 3.75. The highest BCUT2D eigenvalue weighted by molar-refractivity contribution is 5.21. The number of alkyl halides is 1. The fourth-order valence-electron chi connectivity index (χ4n) is 1.15. The Morgan fingerprint density at radius 3 is 2.73 bits per heavy atom. The number of aliphatic hydroxyl groups is 2. The van der Waals surface area contributed by atoms with E-state index in [0.29, 0.717) is 0 Å². The molecule has 0 aromatic carbocycles. The summed E-state index contributed by atoms with van der Waals surface area (Å²) in [7, 11) is 0. The smallest absolute Gasteiger partial charge is 0.323 e. The summed E-state index contributed by atoms with van der Waals surface area (Å²) < 4.78 is 13.1. The SMILES string of the molecule is O=[N+]([O-])c1cccn1CC(O)C(O)C[18F]. The number of nitrogens with zero attached hydrogens (tertiary/aromatic N) is 2. The van der Waals surface area contributed by atoms with Crippen molar-refractivity contribution in [3.63, 3.8) is 0 Å².